The summed E-state index contributed by atoms with van der Waals surface area (Å²) >= 11 is 0. The molecule has 0 aromatic heterocycles. The third-order valence-corrected chi connectivity index (χ3v) is 5.72. The van der Waals surface area contributed by atoms with Gasteiger partial charge in [0.2, 0.25) is 5.75 Å². The fourth-order valence-corrected chi connectivity index (χ4v) is 4.49. The molecule has 2 aromatic carbocycles. The lowest BCUT2D eigenvalue weighted by Crippen LogP contribution is -2.12. The largest absolute Gasteiger partial charge is 0.507 e. The summed E-state index contributed by atoms with van der Waals surface area (Å²) in [6, 6.07) is 3.91. The first-order valence-electron chi connectivity index (χ1n) is 10.8. The van der Waals surface area contributed by atoms with Gasteiger partial charge in [-0.05, 0) is 56.4 Å². The van der Waals surface area contributed by atoms with Gasteiger partial charge in [0.1, 0.15) is 11.5 Å². The minimum atomic E-state index is -0.283. The zero-order valence-electron chi connectivity index (χ0n) is 19.6. The van der Waals surface area contributed by atoms with E-state index in [1.165, 1.54) is 0 Å². The molecule has 0 radical (unpaired) electrons. The number of phenols is 1. The second-order valence-electron chi connectivity index (χ2n) is 8.02. The molecule has 0 unspecified atom stereocenters. The molecule has 3 rings (SSSR count). The van der Waals surface area contributed by atoms with Crippen LogP contribution >= 0.6 is 0 Å². The fourth-order valence-electron chi connectivity index (χ4n) is 4.49. The molecule has 31 heavy (non-hydrogen) atoms. The van der Waals surface area contributed by atoms with Crippen LogP contribution in [0.1, 0.15) is 56.4 Å². The Kier molecular flexibility index (Phi) is 7.21. The van der Waals surface area contributed by atoms with Crippen LogP contribution in [0.5, 0.6) is 28.7 Å². The number of hydrogen-bond donors (Lipinski definition) is 1. The Labute approximate surface area is 185 Å². The summed E-state index contributed by atoms with van der Waals surface area (Å²) in [6.45, 7) is 6.11. The highest BCUT2D eigenvalue weighted by Crippen LogP contribution is 2.56. The molecule has 0 fully saturated rings. The Morgan fingerprint density at radius 2 is 1.61 bits per heavy atom. The molecular weight excluding hydrogens is 396 g/mol. The van der Waals surface area contributed by atoms with Crippen LogP contribution in [0.2, 0.25) is 0 Å². The van der Waals surface area contributed by atoms with Crippen molar-refractivity contribution in [3.63, 3.8) is 0 Å². The quantitative estimate of drug-likeness (QED) is 0.600. The van der Waals surface area contributed by atoms with E-state index in [0.29, 0.717) is 29.4 Å². The number of rotatable bonds is 8. The highest BCUT2D eigenvalue weighted by Gasteiger charge is 2.34. The zero-order chi connectivity index (χ0) is 22.7. The van der Waals surface area contributed by atoms with Gasteiger partial charge in [0.25, 0.3) is 0 Å². The molecule has 170 valence electrons. The summed E-state index contributed by atoms with van der Waals surface area (Å²) in [5.74, 6) is 2.63. The van der Waals surface area contributed by atoms with Gasteiger partial charge < -0.3 is 28.8 Å². The van der Waals surface area contributed by atoms with E-state index in [2.05, 4.69) is 6.92 Å². The lowest BCUT2D eigenvalue weighted by atomic mass is 9.90. The number of aryl methyl sites for hydroxylation is 2. The average Bonchev–Trinajstić information content (AvgIpc) is 2.91. The van der Waals surface area contributed by atoms with Crippen molar-refractivity contribution in [2.24, 2.45) is 0 Å². The van der Waals surface area contributed by atoms with E-state index in [1.807, 2.05) is 26.0 Å². The first kappa shape index (κ1) is 23.1. The van der Waals surface area contributed by atoms with Crippen LogP contribution in [0.15, 0.2) is 12.1 Å². The zero-order valence-corrected chi connectivity index (χ0v) is 19.6. The number of methoxy groups -OCH3 is 4. The van der Waals surface area contributed by atoms with Gasteiger partial charge in [-0.3, -0.25) is 0 Å². The van der Waals surface area contributed by atoms with Crippen molar-refractivity contribution in [1.29, 1.82) is 0 Å². The molecule has 1 N–H and O–H groups in total. The van der Waals surface area contributed by atoms with Crippen molar-refractivity contribution in [3.05, 3.63) is 28.8 Å². The second kappa shape index (κ2) is 9.69. The fraction of sp³-hybridized carbons (Fsp3) is 0.520. The molecular formula is C25H34O6. The minimum absolute atomic E-state index is 0.00487. The van der Waals surface area contributed by atoms with E-state index in [0.717, 1.165) is 47.1 Å². The Morgan fingerprint density at radius 1 is 0.935 bits per heavy atom. The topological polar surface area (TPSA) is 66.4 Å². The maximum Gasteiger partial charge on any atom is 0.203 e. The van der Waals surface area contributed by atoms with E-state index in [1.54, 1.807) is 28.4 Å². The van der Waals surface area contributed by atoms with Crippen LogP contribution in [0, 0.1) is 0 Å². The Balaban J connectivity index is 2.45. The molecule has 1 aliphatic carbocycles. The van der Waals surface area contributed by atoms with Gasteiger partial charge in [-0.1, -0.05) is 13.3 Å². The molecule has 0 heterocycles. The van der Waals surface area contributed by atoms with E-state index in [9.17, 15) is 5.11 Å². The van der Waals surface area contributed by atoms with E-state index in [-0.39, 0.29) is 18.0 Å². The molecule has 0 aliphatic heterocycles. The van der Waals surface area contributed by atoms with E-state index < -0.39 is 0 Å². The maximum absolute atomic E-state index is 11.4. The van der Waals surface area contributed by atoms with Crippen molar-refractivity contribution in [1.82, 2.24) is 0 Å². The van der Waals surface area contributed by atoms with Crippen LogP contribution in [-0.2, 0) is 17.6 Å². The van der Waals surface area contributed by atoms with Gasteiger partial charge in [-0.15, -0.1) is 0 Å². The Morgan fingerprint density at radius 3 is 2.16 bits per heavy atom. The summed E-state index contributed by atoms with van der Waals surface area (Å²) in [7, 11) is 6.47. The summed E-state index contributed by atoms with van der Waals surface area (Å²) in [5, 5.41) is 11.4. The lowest BCUT2D eigenvalue weighted by molar-refractivity contribution is 0.00140. The molecule has 6 nitrogen and oxygen atoms in total. The predicted octanol–water partition coefficient (Wildman–Crippen LogP) is 5.46. The number of phenolic OH excluding ortho intramolecular Hbond substituents is 1. The molecule has 2 aromatic rings. The van der Waals surface area contributed by atoms with Crippen molar-refractivity contribution in [2.45, 2.75) is 58.7 Å². The highest BCUT2D eigenvalue weighted by molar-refractivity contribution is 5.88. The van der Waals surface area contributed by atoms with Crippen molar-refractivity contribution in [2.75, 3.05) is 28.4 Å². The molecule has 1 aliphatic rings. The average molecular weight is 431 g/mol. The number of ether oxygens (including phenoxy) is 5. The second-order valence-corrected chi connectivity index (χ2v) is 8.02. The van der Waals surface area contributed by atoms with Crippen LogP contribution in [-0.4, -0.2) is 39.6 Å². The van der Waals surface area contributed by atoms with Gasteiger partial charge >= 0.3 is 0 Å². The lowest BCUT2D eigenvalue weighted by Gasteiger charge is -2.26. The maximum atomic E-state index is 11.4. The summed E-state index contributed by atoms with van der Waals surface area (Å²) in [5.41, 5.74) is 4.28. The Hall–Kier alpha value is -2.60. The predicted molar refractivity (Wildman–Crippen MR) is 121 cm³/mol. The SMILES string of the molecule is CCCc1cc(OC)c2c(c1O)[C@@H](OC(C)C)CCc1cc(OC)c(OC)c(OC)c1-2. The third-order valence-electron chi connectivity index (χ3n) is 5.72. The van der Waals surface area contributed by atoms with Crippen molar-refractivity contribution in [3.8, 4) is 39.9 Å². The smallest absolute Gasteiger partial charge is 0.203 e. The number of fused-ring (bicyclic) bond motifs is 3. The molecule has 0 amide bonds. The molecule has 0 saturated carbocycles. The summed E-state index contributed by atoms with van der Waals surface area (Å²) in [6.07, 6.45) is 2.82. The van der Waals surface area contributed by atoms with Crippen LogP contribution in [0.3, 0.4) is 0 Å². The monoisotopic (exact) mass is 430 g/mol. The standard InChI is InChI=1S/C25H34O6/c1-8-9-16-13-18(27-4)21-20-15(12-19(28-5)24(29-6)25(20)30-7)10-11-17(31-14(2)3)22(21)23(16)26/h12-14,17,26H,8-11H2,1-7H3/t17-/m0/s1. The number of aromatic hydroxyl groups is 1. The van der Waals surface area contributed by atoms with E-state index >= 15 is 0 Å². The van der Waals surface area contributed by atoms with Crippen LogP contribution in [0.4, 0.5) is 0 Å². The van der Waals surface area contributed by atoms with Crippen LogP contribution in [0.25, 0.3) is 11.1 Å². The highest BCUT2D eigenvalue weighted by atomic mass is 16.5. The normalized spacial score (nSPS) is 15.2. The summed E-state index contributed by atoms with van der Waals surface area (Å²) in [4.78, 5) is 0. The van der Waals surface area contributed by atoms with Gasteiger partial charge in [-0.25, -0.2) is 0 Å². The first-order chi connectivity index (χ1) is 14.9. The molecule has 1 atom stereocenters. The van der Waals surface area contributed by atoms with Crippen molar-refractivity contribution >= 4 is 0 Å². The molecule has 6 heteroatoms. The minimum Gasteiger partial charge on any atom is -0.507 e. The van der Waals surface area contributed by atoms with E-state index in [4.69, 9.17) is 23.7 Å². The number of hydrogen-bond acceptors (Lipinski definition) is 6. The third kappa shape index (κ3) is 4.13. The molecule has 0 saturated heterocycles. The Bertz CT molecular complexity index is 935. The van der Waals surface area contributed by atoms with Crippen LogP contribution < -0.4 is 18.9 Å². The van der Waals surface area contributed by atoms with Crippen molar-refractivity contribution < 1.29 is 28.8 Å². The van der Waals surface area contributed by atoms with Gasteiger partial charge in [-0.2, -0.15) is 0 Å². The molecule has 0 bridgehead atoms. The number of benzene rings is 2. The molecule has 0 spiro atoms. The first-order valence-corrected chi connectivity index (χ1v) is 10.8. The van der Waals surface area contributed by atoms with Gasteiger partial charge in [0, 0.05) is 16.7 Å². The van der Waals surface area contributed by atoms with Gasteiger partial charge in [0.05, 0.1) is 40.6 Å². The summed E-state index contributed by atoms with van der Waals surface area (Å²) < 4.78 is 29.2. The van der Waals surface area contributed by atoms with Gasteiger partial charge in [0.15, 0.2) is 11.5 Å².